The van der Waals surface area contributed by atoms with E-state index in [0.29, 0.717) is 22.6 Å². The Morgan fingerprint density at radius 2 is 1.84 bits per heavy atom. The smallest absolute Gasteiger partial charge is 0.317 e. The topological polar surface area (TPSA) is 71.1 Å². The van der Waals surface area contributed by atoms with Gasteiger partial charge in [0.25, 0.3) is 0 Å². The molecular weight excluding hydrogens is 324 g/mol. The highest BCUT2D eigenvalue weighted by Gasteiger charge is 2.57. The lowest BCUT2D eigenvalue weighted by Crippen LogP contribution is -2.49. The number of carbonyl (C=O) groups is 2. The van der Waals surface area contributed by atoms with Gasteiger partial charge in [-0.1, -0.05) is 30.3 Å². The summed E-state index contributed by atoms with van der Waals surface area (Å²) < 4.78 is 22.0. The normalized spacial score (nSPS) is 19.7. The predicted octanol–water partition coefficient (Wildman–Crippen LogP) is 2.92. The number of methoxy groups -OCH3 is 2. The molecule has 1 aliphatic heterocycles. The van der Waals surface area contributed by atoms with Crippen molar-refractivity contribution in [2.75, 3.05) is 14.2 Å². The van der Waals surface area contributed by atoms with Crippen LogP contribution in [0.4, 0.5) is 0 Å². The van der Waals surface area contributed by atoms with Crippen LogP contribution in [0.15, 0.2) is 48.5 Å². The Hall–Kier alpha value is -2.86. The zero-order chi connectivity index (χ0) is 18.0. The maximum Gasteiger partial charge on any atom is 0.317 e. The summed E-state index contributed by atoms with van der Waals surface area (Å²) in [5.74, 6) is -1.89. The van der Waals surface area contributed by atoms with Crippen LogP contribution in [0.2, 0.25) is 0 Å². The Morgan fingerprint density at radius 3 is 2.44 bits per heavy atom. The number of esters is 1. The van der Waals surface area contributed by atoms with Crippen LogP contribution in [0, 0.1) is 0 Å². The Balaban J connectivity index is 2.09. The van der Waals surface area contributed by atoms with Crippen molar-refractivity contribution in [1.29, 1.82) is 0 Å². The fourth-order valence-electron chi connectivity index (χ4n) is 2.87. The van der Waals surface area contributed by atoms with E-state index >= 15 is 0 Å². The number of hydrogen-bond donors (Lipinski definition) is 0. The molecule has 130 valence electrons. The van der Waals surface area contributed by atoms with E-state index in [-0.39, 0.29) is 0 Å². The molecule has 1 heterocycles. The summed E-state index contributed by atoms with van der Waals surface area (Å²) in [5, 5.41) is 0. The molecular formula is C19H18O6. The molecule has 1 aliphatic rings. The van der Waals surface area contributed by atoms with Crippen LogP contribution in [0.25, 0.3) is 0 Å². The first kappa shape index (κ1) is 17.0. The molecule has 0 spiro atoms. The zero-order valence-electron chi connectivity index (χ0n) is 14.1. The minimum atomic E-state index is -1.79. The second kappa shape index (κ2) is 6.57. The SMILES string of the molecule is COc1ccc2c(c1)O[C@@](OC)([C@@H](OC(C)=O)c1ccccc1)C2=O. The number of hydrogen-bond acceptors (Lipinski definition) is 6. The van der Waals surface area contributed by atoms with Crippen molar-refractivity contribution in [2.24, 2.45) is 0 Å². The quantitative estimate of drug-likeness (QED) is 0.778. The van der Waals surface area contributed by atoms with Crippen molar-refractivity contribution >= 4 is 11.8 Å². The van der Waals surface area contributed by atoms with Crippen LogP contribution >= 0.6 is 0 Å². The molecule has 0 fully saturated rings. The third-order valence-corrected chi connectivity index (χ3v) is 4.05. The van der Waals surface area contributed by atoms with E-state index in [9.17, 15) is 9.59 Å². The lowest BCUT2D eigenvalue weighted by molar-refractivity contribution is -0.203. The maximum absolute atomic E-state index is 13.1. The van der Waals surface area contributed by atoms with E-state index in [4.69, 9.17) is 18.9 Å². The molecule has 0 aromatic heterocycles. The Bertz CT molecular complexity index is 801. The molecule has 25 heavy (non-hydrogen) atoms. The molecule has 6 heteroatoms. The Labute approximate surface area is 145 Å². The monoisotopic (exact) mass is 342 g/mol. The summed E-state index contributed by atoms with van der Waals surface area (Å²) in [4.78, 5) is 24.7. The fraction of sp³-hybridized carbons (Fsp3) is 0.263. The van der Waals surface area contributed by atoms with Gasteiger partial charge in [0.15, 0.2) is 6.10 Å². The molecule has 0 aliphatic carbocycles. The number of Topliss-reactive ketones (excluding diaryl/α,β-unsaturated/α-hetero) is 1. The number of rotatable bonds is 5. The highest BCUT2D eigenvalue weighted by Crippen LogP contribution is 2.45. The maximum atomic E-state index is 13.1. The van der Waals surface area contributed by atoms with Crippen molar-refractivity contribution in [3.05, 3.63) is 59.7 Å². The van der Waals surface area contributed by atoms with Crippen LogP contribution in [0.5, 0.6) is 11.5 Å². The highest BCUT2D eigenvalue weighted by molar-refractivity contribution is 6.07. The van der Waals surface area contributed by atoms with Gasteiger partial charge in [0, 0.05) is 20.1 Å². The van der Waals surface area contributed by atoms with Crippen molar-refractivity contribution < 1.29 is 28.5 Å². The molecule has 6 nitrogen and oxygen atoms in total. The standard InChI is InChI=1S/C19H18O6/c1-12(20)24-18(13-7-5-4-6-8-13)19(23-3)17(21)15-10-9-14(22-2)11-16(15)25-19/h4-11,18H,1-3H3/t18-,19+/m0/s1. The Kier molecular flexibility index (Phi) is 4.46. The predicted molar refractivity (Wildman–Crippen MR) is 88.6 cm³/mol. The van der Waals surface area contributed by atoms with Gasteiger partial charge in [0.05, 0.1) is 12.7 Å². The summed E-state index contributed by atoms with van der Waals surface area (Å²) in [7, 11) is 2.87. The summed E-state index contributed by atoms with van der Waals surface area (Å²) in [6.45, 7) is 1.27. The average molecular weight is 342 g/mol. The van der Waals surface area contributed by atoms with Crippen LogP contribution in [0.3, 0.4) is 0 Å². The van der Waals surface area contributed by atoms with Gasteiger partial charge < -0.3 is 18.9 Å². The largest absolute Gasteiger partial charge is 0.497 e. The van der Waals surface area contributed by atoms with E-state index in [1.165, 1.54) is 21.1 Å². The van der Waals surface area contributed by atoms with Gasteiger partial charge >= 0.3 is 11.8 Å². The van der Waals surface area contributed by atoms with Crippen molar-refractivity contribution in [2.45, 2.75) is 18.8 Å². The molecule has 0 radical (unpaired) electrons. The molecule has 0 saturated heterocycles. The van der Waals surface area contributed by atoms with Gasteiger partial charge in [-0.05, 0) is 17.7 Å². The second-order valence-corrected chi connectivity index (χ2v) is 5.57. The third kappa shape index (κ3) is 2.85. The van der Waals surface area contributed by atoms with Gasteiger partial charge in [0.2, 0.25) is 5.78 Å². The third-order valence-electron chi connectivity index (χ3n) is 4.05. The molecule has 0 saturated carbocycles. The number of ether oxygens (including phenoxy) is 4. The Morgan fingerprint density at radius 1 is 1.12 bits per heavy atom. The number of benzene rings is 2. The molecule has 0 amide bonds. The van der Waals surface area contributed by atoms with Crippen molar-refractivity contribution in [1.82, 2.24) is 0 Å². The molecule has 0 N–H and O–H groups in total. The van der Waals surface area contributed by atoms with Crippen LogP contribution in [-0.4, -0.2) is 31.8 Å². The van der Waals surface area contributed by atoms with Gasteiger partial charge in [-0.15, -0.1) is 0 Å². The van der Waals surface area contributed by atoms with E-state index in [0.717, 1.165) is 0 Å². The summed E-state index contributed by atoms with van der Waals surface area (Å²) in [6.07, 6.45) is -1.05. The summed E-state index contributed by atoms with van der Waals surface area (Å²) in [5.41, 5.74) is 0.934. The lowest BCUT2D eigenvalue weighted by atomic mass is 9.95. The molecule has 3 rings (SSSR count). The molecule has 0 bridgehead atoms. The first-order chi connectivity index (χ1) is 12.0. The van der Waals surface area contributed by atoms with Gasteiger partial charge in [-0.2, -0.15) is 0 Å². The zero-order valence-corrected chi connectivity index (χ0v) is 14.1. The van der Waals surface area contributed by atoms with E-state index in [1.807, 2.05) is 6.07 Å². The van der Waals surface area contributed by atoms with Crippen molar-refractivity contribution in [3.8, 4) is 11.5 Å². The number of ketones is 1. The molecule has 2 aromatic carbocycles. The average Bonchev–Trinajstić information content (AvgIpc) is 2.92. The minimum absolute atomic E-state index is 0.319. The van der Waals surface area contributed by atoms with E-state index in [2.05, 4.69) is 0 Å². The van der Waals surface area contributed by atoms with Crippen molar-refractivity contribution in [3.63, 3.8) is 0 Å². The van der Waals surface area contributed by atoms with E-state index < -0.39 is 23.6 Å². The van der Waals surface area contributed by atoms with Crippen LogP contribution < -0.4 is 9.47 Å². The van der Waals surface area contributed by atoms with Gasteiger partial charge in [-0.25, -0.2) is 0 Å². The first-order valence-corrected chi connectivity index (χ1v) is 7.71. The first-order valence-electron chi connectivity index (χ1n) is 7.71. The van der Waals surface area contributed by atoms with Gasteiger partial charge in [0.1, 0.15) is 11.5 Å². The molecule has 2 aromatic rings. The minimum Gasteiger partial charge on any atom is -0.497 e. The molecule has 2 atom stereocenters. The van der Waals surface area contributed by atoms with E-state index in [1.54, 1.807) is 42.5 Å². The lowest BCUT2D eigenvalue weighted by Gasteiger charge is -2.33. The van der Waals surface area contributed by atoms with Gasteiger partial charge in [-0.3, -0.25) is 9.59 Å². The fourth-order valence-corrected chi connectivity index (χ4v) is 2.87. The number of fused-ring (bicyclic) bond motifs is 1. The summed E-state index contributed by atoms with van der Waals surface area (Å²) in [6, 6.07) is 13.7. The molecule has 0 unspecified atom stereocenters. The van der Waals surface area contributed by atoms with Crippen LogP contribution in [-0.2, 0) is 14.3 Å². The summed E-state index contributed by atoms with van der Waals surface area (Å²) >= 11 is 0. The number of carbonyl (C=O) groups excluding carboxylic acids is 2. The highest BCUT2D eigenvalue weighted by atomic mass is 16.7. The second-order valence-electron chi connectivity index (χ2n) is 5.57. The van der Waals surface area contributed by atoms with Crippen LogP contribution in [0.1, 0.15) is 28.9 Å².